The molecule has 3 heterocycles. The van der Waals surface area contributed by atoms with E-state index in [1.165, 1.54) is 0 Å². The highest BCUT2D eigenvalue weighted by Crippen LogP contribution is 2.26. The number of nitrogens with zero attached hydrogens (tertiary/aromatic N) is 4. The molecular weight excluding hydrogens is 270 g/mol. The van der Waals surface area contributed by atoms with Gasteiger partial charge in [-0.2, -0.15) is 10.2 Å². The van der Waals surface area contributed by atoms with E-state index in [-0.39, 0.29) is 18.4 Å². The first kappa shape index (κ1) is 13.8. The molecule has 0 radical (unpaired) electrons. The van der Waals surface area contributed by atoms with Crippen LogP contribution in [0.15, 0.2) is 18.3 Å². The molecule has 1 atom stereocenters. The first-order valence-corrected chi connectivity index (χ1v) is 7.11. The fraction of sp³-hybridized carbons (Fsp3) is 0.500. The molecule has 1 saturated heterocycles. The van der Waals surface area contributed by atoms with E-state index in [0.717, 1.165) is 25.1 Å². The van der Waals surface area contributed by atoms with E-state index in [2.05, 4.69) is 15.3 Å². The molecule has 0 bridgehead atoms. The maximum Gasteiger partial charge on any atom is 0.274 e. The summed E-state index contributed by atoms with van der Waals surface area (Å²) in [5.74, 6) is 0.182. The van der Waals surface area contributed by atoms with Crippen LogP contribution < -0.4 is 0 Å². The minimum Gasteiger partial charge on any atom is -0.390 e. The standard InChI is InChI=1S/C14H19N5O2/c1-18-6-4-12(17-18)14(21)19-5-2-3-10(8-19)13-7-11(9-20)15-16-13/h4,6-7,10,20H,2-3,5,8-9H2,1H3,(H,15,16)/t10-/m0/s1. The molecule has 7 nitrogen and oxygen atoms in total. The van der Waals surface area contributed by atoms with E-state index in [1.54, 1.807) is 24.0 Å². The fourth-order valence-corrected chi connectivity index (χ4v) is 2.76. The summed E-state index contributed by atoms with van der Waals surface area (Å²) in [6.07, 6.45) is 3.72. The molecule has 7 heteroatoms. The van der Waals surface area contributed by atoms with Crippen molar-refractivity contribution in [3.05, 3.63) is 35.4 Å². The van der Waals surface area contributed by atoms with Crippen LogP contribution in [0.1, 0.15) is 40.6 Å². The van der Waals surface area contributed by atoms with E-state index in [4.69, 9.17) is 5.11 Å². The van der Waals surface area contributed by atoms with E-state index in [9.17, 15) is 4.79 Å². The third-order valence-corrected chi connectivity index (χ3v) is 3.88. The number of aryl methyl sites for hydroxylation is 1. The first-order valence-electron chi connectivity index (χ1n) is 7.11. The van der Waals surface area contributed by atoms with Gasteiger partial charge in [-0.3, -0.25) is 14.6 Å². The summed E-state index contributed by atoms with van der Waals surface area (Å²) in [6.45, 7) is 1.35. The van der Waals surface area contributed by atoms with E-state index < -0.39 is 0 Å². The van der Waals surface area contributed by atoms with Gasteiger partial charge in [0.15, 0.2) is 0 Å². The number of aliphatic hydroxyl groups is 1. The van der Waals surface area contributed by atoms with Crippen LogP contribution in [0, 0.1) is 0 Å². The molecule has 3 rings (SSSR count). The number of aromatic amines is 1. The summed E-state index contributed by atoms with van der Waals surface area (Å²) in [6, 6.07) is 3.61. The monoisotopic (exact) mass is 289 g/mol. The Morgan fingerprint density at radius 2 is 2.43 bits per heavy atom. The molecule has 2 aromatic rings. The highest BCUT2D eigenvalue weighted by Gasteiger charge is 2.27. The van der Waals surface area contributed by atoms with Crippen molar-refractivity contribution in [2.75, 3.05) is 13.1 Å². The number of carbonyl (C=O) groups is 1. The van der Waals surface area contributed by atoms with Crippen LogP contribution in [0.2, 0.25) is 0 Å². The lowest BCUT2D eigenvalue weighted by Crippen LogP contribution is -2.39. The maximum absolute atomic E-state index is 12.4. The zero-order chi connectivity index (χ0) is 14.8. The Bertz CT molecular complexity index is 633. The number of rotatable bonds is 3. The second-order valence-electron chi connectivity index (χ2n) is 5.44. The quantitative estimate of drug-likeness (QED) is 0.869. The maximum atomic E-state index is 12.4. The van der Waals surface area contributed by atoms with Crippen LogP contribution in [-0.2, 0) is 13.7 Å². The largest absolute Gasteiger partial charge is 0.390 e. The number of piperidine rings is 1. The van der Waals surface area contributed by atoms with Gasteiger partial charge in [-0.1, -0.05) is 0 Å². The van der Waals surface area contributed by atoms with Gasteiger partial charge >= 0.3 is 0 Å². The number of carbonyl (C=O) groups excluding carboxylic acids is 1. The average molecular weight is 289 g/mol. The second-order valence-corrected chi connectivity index (χ2v) is 5.44. The SMILES string of the molecule is Cn1ccc(C(=O)N2CCC[C@H](c3cc(CO)[nH]n3)C2)n1. The van der Waals surface area contributed by atoms with Crippen LogP contribution in [0.4, 0.5) is 0 Å². The third kappa shape index (κ3) is 2.82. The molecule has 0 aromatic carbocycles. The van der Waals surface area contributed by atoms with Crippen molar-refractivity contribution in [1.82, 2.24) is 24.9 Å². The average Bonchev–Trinajstić information content (AvgIpc) is 3.15. The second kappa shape index (κ2) is 5.69. The number of likely N-dealkylation sites (tertiary alicyclic amines) is 1. The lowest BCUT2D eigenvalue weighted by molar-refractivity contribution is 0.0699. The molecule has 0 saturated carbocycles. The molecular formula is C14H19N5O2. The summed E-state index contributed by atoms with van der Waals surface area (Å²) in [5.41, 5.74) is 2.10. The van der Waals surface area contributed by atoms with Gasteiger partial charge in [-0.05, 0) is 25.0 Å². The van der Waals surface area contributed by atoms with Crippen molar-refractivity contribution in [2.45, 2.75) is 25.4 Å². The Morgan fingerprint density at radius 3 is 3.10 bits per heavy atom. The lowest BCUT2D eigenvalue weighted by Gasteiger charge is -2.31. The predicted molar refractivity (Wildman–Crippen MR) is 75.6 cm³/mol. The van der Waals surface area contributed by atoms with Crippen molar-refractivity contribution >= 4 is 5.91 Å². The van der Waals surface area contributed by atoms with Crippen LogP contribution in [0.3, 0.4) is 0 Å². The smallest absolute Gasteiger partial charge is 0.274 e. The topological polar surface area (TPSA) is 87.0 Å². The molecule has 1 aliphatic heterocycles. The summed E-state index contributed by atoms with van der Waals surface area (Å²) in [5, 5.41) is 20.3. The number of hydrogen-bond donors (Lipinski definition) is 2. The third-order valence-electron chi connectivity index (χ3n) is 3.88. The van der Waals surface area contributed by atoms with Gasteiger partial charge < -0.3 is 10.0 Å². The molecule has 1 amide bonds. The Hall–Kier alpha value is -2.15. The minimum absolute atomic E-state index is 0.0294. The molecule has 0 unspecified atom stereocenters. The Morgan fingerprint density at radius 1 is 1.57 bits per heavy atom. The number of hydrogen-bond acceptors (Lipinski definition) is 4. The molecule has 0 aliphatic carbocycles. The van der Waals surface area contributed by atoms with Crippen molar-refractivity contribution in [3.63, 3.8) is 0 Å². The highest BCUT2D eigenvalue weighted by atomic mass is 16.3. The number of aromatic nitrogens is 4. The van der Waals surface area contributed by atoms with Gasteiger partial charge in [0.25, 0.3) is 5.91 Å². The molecule has 112 valence electrons. The normalized spacial score (nSPS) is 19.0. The van der Waals surface area contributed by atoms with Gasteiger partial charge in [0.1, 0.15) is 5.69 Å². The molecule has 21 heavy (non-hydrogen) atoms. The van der Waals surface area contributed by atoms with Gasteiger partial charge in [-0.25, -0.2) is 0 Å². The number of aliphatic hydroxyl groups excluding tert-OH is 1. The number of H-pyrrole nitrogens is 1. The summed E-state index contributed by atoms with van der Waals surface area (Å²) in [7, 11) is 1.80. The van der Waals surface area contributed by atoms with Crippen molar-refractivity contribution in [1.29, 1.82) is 0 Å². The zero-order valence-corrected chi connectivity index (χ0v) is 12.0. The Labute approximate surface area is 122 Å². The Balaban J connectivity index is 1.72. The lowest BCUT2D eigenvalue weighted by atomic mass is 9.94. The van der Waals surface area contributed by atoms with Crippen LogP contribution in [0.25, 0.3) is 0 Å². The van der Waals surface area contributed by atoms with Gasteiger partial charge in [0.05, 0.1) is 18.0 Å². The molecule has 0 spiro atoms. The predicted octanol–water partition coefficient (Wildman–Crippen LogP) is 0.655. The van der Waals surface area contributed by atoms with Crippen molar-refractivity contribution in [3.8, 4) is 0 Å². The summed E-state index contributed by atoms with van der Waals surface area (Å²) >= 11 is 0. The van der Waals surface area contributed by atoms with Crippen molar-refractivity contribution < 1.29 is 9.90 Å². The molecule has 1 fully saturated rings. The van der Waals surface area contributed by atoms with E-state index in [1.807, 2.05) is 11.0 Å². The van der Waals surface area contributed by atoms with Crippen LogP contribution in [0.5, 0.6) is 0 Å². The van der Waals surface area contributed by atoms with Gasteiger partial charge in [-0.15, -0.1) is 0 Å². The van der Waals surface area contributed by atoms with Gasteiger partial charge in [0, 0.05) is 32.3 Å². The molecule has 1 aliphatic rings. The molecule has 2 N–H and O–H groups in total. The van der Waals surface area contributed by atoms with Crippen LogP contribution >= 0.6 is 0 Å². The number of amides is 1. The van der Waals surface area contributed by atoms with Gasteiger partial charge in [0.2, 0.25) is 0 Å². The fourth-order valence-electron chi connectivity index (χ4n) is 2.76. The molecule has 2 aromatic heterocycles. The zero-order valence-electron chi connectivity index (χ0n) is 12.0. The minimum atomic E-state index is -0.0453. The summed E-state index contributed by atoms with van der Waals surface area (Å²) in [4.78, 5) is 14.3. The van der Waals surface area contributed by atoms with E-state index in [0.29, 0.717) is 17.9 Å². The van der Waals surface area contributed by atoms with Crippen LogP contribution in [-0.4, -0.2) is 49.0 Å². The highest BCUT2D eigenvalue weighted by molar-refractivity contribution is 5.92. The first-order chi connectivity index (χ1) is 10.2. The Kier molecular flexibility index (Phi) is 3.74. The number of nitrogens with one attached hydrogen (secondary N) is 1. The van der Waals surface area contributed by atoms with E-state index >= 15 is 0 Å². The summed E-state index contributed by atoms with van der Waals surface area (Å²) < 4.78 is 1.63. The van der Waals surface area contributed by atoms with Crippen molar-refractivity contribution in [2.24, 2.45) is 7.05 Å².